The summed E-state index contributed by atoms with van der Waals surface area (Å²) >= 11 is 6.08. The Morgan fingerprint density at radius 1 is 1.53 bits per heavy atom. The second kappa shape index (κ2) is 5.35. The SMILES string of the molecule is CNC(CN)c1cc(Cl)c(C)cc1OC. The summed E-state index contributed by atoms with van der Waals surface area (Å²) in [6.45, 7) is 2.46. The van der Waals surface area contributed by atoms with E-state index in [0.717, 1.165) is 21.9 Å². The first-order valence-corrected chi connectivity index (χ1v) is 5.23. The molecule has 3 nitrogen and oxygen atoms in total. The number of methoxy groups -OCH3 is 1. The fourth-order valence-corrected chi connectivity index (χ4v) is 1.69. The first-order valence-electron chi connectivity index (χ1n) is 4.85. The van der Waals surface area contributed by atoms with Gasteiger partial charge in [0.05, 0.1) is 7.11 Å². The average molecular weight is 229 g/mol. The number of aryl methyl sites for hydroxylation is 1. The van der Waals surface area contributed by atoms with Crippen LogP contribution in [0.4, 0.5) is 0 Å². The predicted molar refractivity (Wildman–Crippen MR) is 63.6 cm³/mol. The minimum absolute atomic E-state index is 0.0676. The summed E-state index contributed by atoms with van der Waals surface area (Å²) in [6, 6.07) is 3.90. The van der Waals surface area contributed by atoms with Gasteiger partial charge in [0, 0.05) is 23.2 Å². The Kier molecular flexibility index (Phi) is 4.39. The maximum atomic E-state index is 6.08. The van der Waals surface area contributed by atoms with Crippen LogP contribution < -0.4 is 15.8 Å². The highest BCUT2D eigenvalue weighted by Crippen LogP contribution is 2.30. The van der Waals surface area contributed by atoms with Crippen molar-refractivity contribution in [2.24, 2.45) is 5.73 Å². The van der Waals surface area contributed by atoms with Crippen LogP contribution in [0, 0.1) is 6.92 Å². The predicted octanol–water partition coefficient (Wildman–Crippen LogP) is 1.88. The quantitative estimate of drug-likeness (QED) is 0.827. The first-order chi connectivity index (χ1) is 7.13. The van der Waals surface area contributed by atoms with Crippen LogP contribution in [0.15, 0.2) is 12.1 Å². The van der Waals surface area contributed by atoms with E-state index >= 15 is 0 Å². The average Bonchev–Trinajstić information content (AvgIpc) is 2.24. The van der Waals surface area contributed by atoms with E-state index in [1.807, 2.05) is 26.1 Å². The third kappa shape index (κ3) is 2.62. The molecule has 1 unspecified atom stereocenters. The lowest BCUT2D eigenvalue weighted by Gasteiger charge is -2.18. The van der Waals surface area contributed by atoms with Crippen molar-refractivity contribution >= 4 is 11.6 Å². The molecule has 0 aromatic heterocycles. The molecule has 0 spiro atoms. The zero-order chi connectivity index (χ0) is 11.4. The van der Waals surface area contributed by atoms with E-state index in [1.165, 1.54) is 0 Å². The molecule has 0 saturated carbocycles. The number of benzene rings is 1. The molecule has 3 N–H and O–H groups in total. The van der Waals surface area contributed by atoms with Crippen molar-refractivity contribution in [1.82, 2.24) is 5.32 Å². The van der Waals surface area contributed by atoms with Gasteiger partial charge >= 0.3 is 0 Å². The van der Waals surface area contributed by atoms with Gasteiger partial charge in [-0.2, -0.15) is 0 Å². The van der Waals surface area contributed by atoms with Crippen molar-refractivity contribution in [3.05, 3.63) is 28.3 Å². The molecule has 0 aliphatic rings. The molecule has 1 atom stereocenters. The molecular weight excluding hydrogens is 212 g/mol. The standard InChI is InChI=1S/C11H17ClN2O/c1-7-4-11(15-3)8(5-9(7)12)10(6-13)14-2/h4-5,10,14H,6,13H2,1-3H3. The van der Waals surface area contributed by atoms with Crippen LogP contribution in [0.1, 0.15) is 17.2 Å². The highest BCUT2D eigenvalue weighted by molar-refractivity contribution is 6.31. The maximum Gasteiger partial charge on any atom is 0.124 e. The lowest BCUT2D eigenvalue weighted by Crippen LogP contribution is -2.25. The van der Waals surface area contributed by atoms with Gasteiger partial charge in [-0.25, -0.2) is 0 Å². The number of hydrogen-bond acceptors (Lipinski definition) is 3. The molecule has 4 heteroatoms. The van der Waals surface area contributed by atoms with E-state index in [4.69, 9.17) is 22.1 Å². The Bertz CT molecular complexity index is 338. The molecule has 84 valence electrons. The van der Waals surface area contributed by atoms with Gasteiger partial charge in [0.15, 0.2) is 0 Å². The van der Waals surface area contributed by atoms with Crippen molar-refractivity contribution in [3.8, 4) is 5.75 Å². The monoisotopic (exact) mass is 228 g/mol. The van der Waals surface area contributed by atoms with Gasteiger partial charge in [0.2, 0.25) is 0 Å². The lowest BCUT2D eigenvalue weighted by atomic mass is 10.0. The van der Waals surface area contributed by atoms with Gasteiger partial charge < -0.3 is 15.8 Å². The van der Waals surface area contributed by atoms with Gasteiger partial charge in [-0.05, 0) is 31.7 Å². The Labute approximate surface area is 95.6 Å². The number of halogens is 1. The summed E-state index contributed by atoms with van der Waals surface area (Å²) in [7, 11) is 3.51. The first kappa shape index (κ1) is 12.3. The van der Waals surface area contributed by atoms with E-state index in [1.54, 1.807) is 7.11 Å². The number of hydrogen-bond donors (Lipinski definition) is 2. The highest BCUT2D eigenvalue weighted by atomic mass is 35.5. The molecule has 15 heavy (non-hydrogen) atoms. The normalized spacial score (nSPS) is 12.6. The van der Waals surface area contributed by atoms with Crippen molar-refractivity contribution in [2.45, 2.75) is 13.0 Å². The van der Waals surface area contributed by atoms with Crippen LogP contribution in [0.5, 0.6) is 5.75 Å². The Hall–Kier alpha value is -0.770. The molecule has 0 fully saturated rings. The number of nitrogens with two attached hydrogens (primary N) is 1. The smallest absolute Gasteiger partial charge is 0.124 e. The van der Waals surface area contributed by atoms with E-state index in [-0.39, 0.29) is 6.04 Å². The topological polar surface area (TPSA) is 47.3 Å². The van der Waals surface area contributed by atoms with Crippen molar-refractivity contribution < 1.29 is 4.74 Å². The molecule has 0 saturated heterocycles. The summed E-state index contributed by atoms with van der Waals surface area (Å²) in [5.41, 5.74) is 7.67. The van der Waals surface area contributed by atoms with Crippen LogP contribution in [-0.4, -0.2) is 20.7 Å². The van der Waals surface area contributed by atoms with Crippen molar-refractivity contribution in [3.63, 3.8) is 0 Å². The molecule has 1 aromatic carbocycles. The maximum absolute atomic E-state index is 6.08. The molecule has 1 aromatic rings. The second-order valence-electron chi connectivity index (χ2n) is 3.42. The number of ether oxygens (including phenoxy) is 1. The summed E-state index contributed by atoms with van der Waals surface area (Å²) in [4.78, 5) is 0. The fourth-order valence-electron chi connectivity index (χ4n) is 1.52. The number of rotatable bonds is 4. The lowest BCUT2D eigenvalue weighted by molar-refractivity contribution is 0.402. The molecule has 0 aliphatic heterocycles. The zero-order valence-electron chi connectivity index (χ0n) is 9.30. The minimum atomic E-state index is 0.0676. The summed E-state index contributed by atoms with van der Waals surface area (Å²) < 4.78 is 5.31. The van der Waals surface area contributed by atoms with E-state index in [9.17, 15) is 0 Å². The van der Waals surface area contributed by atoms with E-state index in [2.05, 4.69) is 5.32 Å². The summed E-state index contributed by atoms with van der Waals surface area (Å²) in [6.07, 6.45) is 0. The van der Waals surface area contributed by atoms with Crippen LogP contribution in [0.25, 0.3) is 0 Å². The number of likely N-dealkylation sites (N-methyl/N-ethyl adjacent to an activating group) is 1. The molecule has 0 heterocycles. The number of nitrogens with one attached hydrogen (secondary N) is 1. The molecule has 0 radical (unpaired) electrons. The van der Waals surface area contributed by atoms with Gasteiger partial charge in [0.1, 0.15) is 5.75 Å². The molecule has 0 amide bonds. The third-order valence-corrected chi connectivity index (χ3v) is 2.88. The van der Waals surface area contributed by atoms with Crippen LogP contribution >= 0.6 is 11.6 Å². The molecule has 0 aliphatic carbocycles. The van der Waals surface area contributed by atoms with Gasteiger partial charge in [-0.3, -0.25) is 0 Å². The van der Waals surface area contributed by atoms with E-state index < -0.39 is 0 Å². The van der Waals surface area contributed by atoms with Crippen LogP contribution in [-0.2, 0) is 0 Å². The molecule has 1 rings (SSSR count). The zero-order valence-corrected chi connectivity index (χ0v) is 10.1. The summed E-state index contributed by atoms with van der Waals surface area (Å²) in [5.74, 6) is 0.821. The third-order valence-electron chi connectivity index (χ3n) is 2.47. The molecule has 0 bridgehead atoms. The van der Waals surface area contributed by atoms with Gasteiger partial charge in [-0.15, -0.1) is 0 Å². The van der Waals surface area contributed by atoms with Crippen LogP contribution in [0.3, 0.4) is 0 Å². The van der Waals surface area contributed by atoms with E-state index in [0.29, 0.717) is 6.54 Å². The van der Waals surface area contributed by atoms with Crippen molar-refractivity contribution in [2.75, 3.05) is 20.7 Å². The van der Waals surface area contributed by atoms with Gasteiger partial charge in [0.25, 0.3) is 0 Å². The van der Waals surface area contributed by atoms with Crippen LogP contribution in [0.2, 0.25) is 5.02 Å². The second-order valence-corrected chi connectivity index (χ2v) is 3.83. The minimum Gasteiger partial charge on any atom is -0.496 e. The Morgan fingerprint density at radius 2 is 2.20 bits per heavy atom. The largest absolute Gasteiger partial charge is 0.496 e. The summed E-state index contributed by atoms with van der Waals surface area (Å²) in [5, 5.41) is 3.86. The Morgan fingerprint density at radius 3 is 2.67 bits per heavy atom. The van der Waals surface area contributed by atoms with Crippen molar-refractivity contribution in [1.29, 1.82) is 0 Å². The Balaban J connectivity index is 3.20. The van der Waals surface area contributed by atoms with Gasteiger partial charge in [-0.1, -0.05) is 11.6 Å². The molecular formula is C11H17ClN2O. The fraction of sp³-hybridized carbons (Fsp3) is 0.455. The highest BCUT2D eigenvalue weighted by Gasteiger charge is 2.14.